The van der Waals surface area contributed by atoms with Crippen LogP contribution < -0.4 is 5.73 Å². The summed E-state index contributed by atoms with van der Waals surface area (Å²) in [6, 6.07) is 5.53. The second-order valence-electron chi connectivity index (χ2n) is 4.30. The molecule has 2 rings (SSSR count). The van der Waals surface area contributed by atoms with E-state index in [1.54, 1.807) is 36.6 Å². The molecule has 98 valence electrons. The van der Waals surface area contributed by atoms with Gasteiger partial charge in [0.2, 0.25) is 0 Å². The van der Waals surface area contributed by atoms with Crippen LogP contribution in [-0.2, 0) is 6.42 Å². The summed E-state index contributed by atoms with van der Waals surface area (Å²) < 4.78 is 0. The van der Waals surface area contributed by atoms with Gasteiger partial charge in [-0.15, -0.1) is 0 Å². The third kappa shape index (κ3) is 3.28. The number of pyridine rings is 2. The van der Waals surface area contributed by atoms with Crippen LogP contribution in [0.1, 0.15) is 15.9 Å². The summed E-state index contributed by atoms with van der Waals surface area (Å²) in [5, 5.41) is 0. The fourth-order valence-electron chi connectivity index (χ4n) is 1.75. The Balaban J connectivity index is 1.99. The van der Waals surface area contributed by atoms with Crippen LogP contribution in [0.25, 0.3) is 0 Å². The summed E-state index contributed by atoms with van der Waals surface area (Å²) in [7, 11) is 1.77. The van der Waals surface area contributed by atoms with Crippen LogP contribution in [0.3, 0.4) is 0 Å². The summed E-state index contributed by atoms with van der Waals surface area (Å²) in [5.74, 6) is -0.0889. The van der Waals surface area contributed by atoms with Crippen molar-refractivity contribution in [3.05, 3.63) is 54.1 Å². The number of carbonyl (C=O) groups excluding carboxylic acids is 1. The Morgan fingerprint density at radius 2 is 1.89 bits per heavy atom. The minimum atomic E-state index is -0.0889. The molecular weight excluding hydrogens is 240 g/mol. The third-order valence-corrected chi connectivity index (χ3v) is 2.91. The highest BCUT2D eigenvalue weighted by molar-refractivity contribution is 5.98. The molecular formula is C14H16N4O. The van der Waals surface area contributed by atoms with Crippen molar-refractivity contribution in [3.8, 4) is 0 Å². The fourth-order valence-corrected chi connectivity index (χ4v) is 1.75. The van der Waals surface area contributed by atoms with E-state index < -0.39 is 0 Å². The molecule has 0 aliphatic carbocycles. The number of rotatable bonds is 4. The molecule has 5 nitrogen and oxygen atoms in total. The van der Waals surface area contributed by atoms with Crippen molar-refractivity contribution >= 4 is 11.6 Å². The van der Waals surface area contributed by atoms with Crippen molar-refractivity contribution in [3.63, 3.8) is 0 Å². The Bertz CT molecular complexity index is 556. The Morgan fingerprint density at radius 1 is 1.21 bits per heavy atom. The topological polar surface area (TPSA) is 72.1 Å². The van der Waals surface area contributed by atoms with Gasteiger partial charge in [-0.25, -0.2) is 0 Å². The molecule has 0 unspecified atom stereocenters. The van der Waals surface area contributed by atoms with Crippen molar-refractivity contribution < 1.29 is 4.79 Å². The van der Waals surface area contributed by atoms with Gasteiger partial charge in [-0.2, -0.15) is 0 Å². The van der Waals surface area contributed by atoms with Gasteiger partial charge in [0.05, 0.1) is 17.4 Å². The lowest BCUT2D eigenvalue weighted by atomic mass is 10.1. The van der Waals surface area contributed by atoms with Gasteiger partial charge in [-0.05, 0) is 30.2 Å². The Labute approximate surface area is 112 Å². The molecule has 2 aromatic heterocycles. The first kappa shape index (κ1) is 13.0. The maximum atomic E-state index is 12.2. The summed E-state index contributed by atoms with van der Waals surface area (Å²) >= 11 is 0. The maximum Gasteiger partial charge on any atom is 0.255 e. The van der Waals surface area contributed by atoms with Crippen molar-refractivity contribution in [2.75, 3.05) is 19.3 Å². The van der Waals surface area contributed by atoms with E-state index in [1.165, 1.54) is 6.20 Å². The minimum Gasteiger partial charge on any atom is -0.397 e. The Kier molecular flexibility index (Phi) is 4.07. The standard InChI is InChI=1S/C14H16N4O/c1-18(9-5-11-2-6-16-7-3-11)14(19)12-4-8-17-10-13(12)15/h2-4,6-8,10H,5,9,15H2,1H3. The number of carbonyl (C=O) groups is 1. The van der Waals surface area contributed by atoms with Crippen LogP contribution in [0.4, 0.5) is 5.69 Å². The van der Waals surface area contributed by atoms with Gasteiger partial charge in [-0.1, -0.05) is 0 Å². The highest BCUT2D eigenvalue weighted by Gasteiger charge is 2.14. The van der Waals surface area contributed by atoms with Gasteiger partial charge in [0.15, 0.2) is 0 Å². The van der Waals surface area contributed by atoms with Crippen LogP contribution in [0.5, 0.6) is 0 Å². The lowest BCUT2D eigenvalue weighted by molar-refractivity contribution is 0.0797. The first-order chi connectivity index (χ1) is 9.18. The van der Waals surface area contributed by atoms with Gasteiger partial charge >= 0.3 is 0 Å². The van der Waals surface area contributed by atoms with E-state index in [2.05, 4.69) is 9.97 Å². The SMILES string of the molecule is CN(CCc1ccncc1)C(=O)c1ccncc1N. The van der Waals surface area contributed by atoms with Gasteiger partial charge in [0.25, 0.3) is 5.91 Å². The van der Waals surface area contributed by atoms with Crippen molar-refractivity contribution in [1.29, 1.82) is 0 Å². The number of amides is 1. The van der Waals surface area contributed by atoms with E-state index in [-0.39, 0.29) is 5.91 Å². The molecule has 0 atom stereocenters. The second kappa shape index (κ2) is 5.95. The molecule has 0 fully saturated rings. The summed E-state index contributed by atoms with van der Waals surface area (Å²) in [6.45, 7) is 0.630. The van der Waals surface area contributed by atoms with Crippen molar-refractivity contribution in [2.24, 2.45) is 0 Å². The molecule has 19 heavy (non-hydrogen) atoms. The number of anilines is 1. The van der Waals surface area contributed by atoms with Crippen LogP contribution in [0.2, 0.25) is 0 Å². The molecule has 0 aliphatic heterocycles. The van der Waals surface area contributed by atoms with Crippen molar-refractivity contribution in [1.82, 2.24) is 14.9 Å². The molecule has 0 spiro atoms. The molecule has 0 saturated heterocycles. The first-order valence-electron chi connectivity index (χ1n) is 6.02. The summed E-state index contributed by atoms with van der Waals surface area (Å²) in [6.07, 6.45) is 7.34. The number of nitrogens with zero attached hydrogens (tertiary/aromatic N) is 3. The molecule has 0 aromatic carbocycles. The molecule has 0 bridgehead atoms. The number of likely N-dealkylation sites (N-methyl/N-ethyl adjacent to an activating group) is 1. The molecule has 5 heteroatoms. The number of hydrogen-bond acceptors (Lipinski definition) is 4. The maximum absolute atomic E-state index is 12.2. The predicted molar refractivity (Wildman–Crippen MR) is 73.6 cm³/mol. The summed E-state index contributed by atoms with van der Waals surface area (Å²) in [4.78, 5) is 21.7. The third-order valence-electron chi connectivity index (χ3n) is 2.91. The molecule has 2 heterocycles. The molecule has 0 aliphatic rings. The van der Waals surface area contributed by atoms with Crippen LogP contribution in [0.15, 0.2) is 43.0 Å². The largest absolute Gasteiger partial charge is 0.397 e. The van der Waals surface area contributed by atoms with Gasteiger partial charge < -0.3 is 10.6 Å². The normalized spacial score (nSPS) is 10.2. The zero-order valence-electron chi connectivity index (χ0n) is 10.8. The van der Waals surface area contributed by atoms with Crippen LogP contribution in [0, 0.1) is 0 Å². The molecule has 2 aromatic rings. The minimum absolute atomic E-state index is 0.0889. The molecule has 0 saturated carbocycles. The zero-order chi connectivity index (χ0) is 13.7. The fraction of sp³-hybridized carbons (Fsp3) is 0.214. The smallest absolute Gasteiger partial charge is 0.255 e. The second-order valence-corrected chi connectivity index (χ2v) is 4.30. The van der Waals surface area contributed by atoms with E-state index in [4.69, 9.17) is 5.73 Å². The van der Waals surface area contributed by atoms with E-state index in [0.717, 1.165) is 12.0 Å². The lowest BCUT2D eigenvalue weighted by Crippen LogP contribution is -2.29. The van der Waals surface area contributed by atoms with Crippen molar-refractivity contribution in [2.45, 2.75) is 6.42 Å². The lowest BCUT2D eigenvalue weighted by Gasteiger charge is -2.17. The van der Waals surface area contributed by atoms with Gasteiger partial charge in [-0.3, -0.25) is 14.8 Å². The van der Waals surface area contributed by atoms with E-state index >= 15 is 0 Å². The molecule has 0 radical (unpaired) electrons. The van der Waals surface area contributed by atoms with Crippen LogP contribution >= 0.6 is 0 Å². The van der Waals surface area contributed by atoms with E-state index in [1.807, 2.05) is 12.1 Å². The van der Waals surface area contributed by atoms with Crippen LogP contribution in [-0.4, -0.2) is 34.4 Å². The Hall–Kier alpha value is -2.43. The number of aromatic nitrogens is 2. The predicted octanol–water partition coefficient (Wildman–Crippen LogP) is 1.37. The number of hydrogen-bond donors (Lipinski definition) is 1. The zero-order valence-corrected chi connectivity index (χ0v) is 10.8. The Morgan fingerprint density at radius 3 is 2.58 bits per heavy atom. The monoisotopic (exact) mass is 256 g/mol. The average molecular weight is 256 g/mol. The highest BCUT2D eigenvalue weighted by Crippen LogP contribution is 2.11. The van der Waals surface area contributed by atoms with Gasteiger partial charge in [0.1, 0.15) is 0 Å². The van der Waals surface area contributed by atoms with E-state index in [0.29, 0.717) is 17.8 Å². The quantitative estimate of drug-likeness (QED) is 0.896. The molecule has 1 amide bonds. The summed E-state index contributed by atoms with van der Waals surface area (Å²) in [5.41, 5.74) is 7.80. The highest BCUT2D eigenvalue weighted by atomic mass is 16.2. The molecule has 2 N–H and O–H groups in total. The van der Waals surface area contributed by atoms with Gasteiger partial charge in [0, 0.05) is 32.2 Å². The first-order valence-corrected chi connectivity index (χ1v) is 6.02. The number of nitrogen functional groups attached to an aromatic ring is 1. The number of nitrogens with two attached hydrogens (primary N) is 1. The van der Waals surface area contributed by atoms with E-state index in [9.17, 15) is 4.79 Å². The average Bonchev–Trinajstić information content (AvgIpc) is 2.45.